The minimum absolute atomic E-state index is 0.0929. The van der Waals surface area contributed by atoms with Crippen molar-refractivity contribution < 1.29 is 4.74 Å². The molecule has 1 aliphatic rings. The summed E-state index contributed by atoms with van der Waals surface area (Å²) < 4.78 is 6.52. The minimum atomic E-state index is 0.0929. The van der Waals surface area contributed by atoms with Gasteiger partial charge in [0.15, 0.2) is 0 Å². The molecule has 0 unspecified atom stereocenters. The van der Waals surface area contributed by atoms with Gasteiger partial charge >= 0.3 is 6.01 Å². The van der Waals surface area contributed by atoms with Crippen LogP contribution >= 0.6 is 11.6 Å². The van der Waals surface area contributed by atoms with Crippen LogP contribution in [0.5, 0.6) is 6.01 Å². The lowest BCUT2D eigenvalue weighted by Gasteiger charge is -2.02. The predicted molar refractivity (Wildman–Crippen MR) is 60.5 cm³/mol. The first-order valence-electron chi connectivity index (χ1n) is 5.28. The fourth-order valence-electron chi connectivity index (χ4n) is 1.56. The molecule has 3 rings (SSSR count). The molecule has 17 heavy (non-hydrogen) atoms. The molecule has 6 nitrogen and oxygen atoms in total. The van der Waals surface area contributed by atoms with E-state index >= 15 is 0 Å². The Morgan fingerprint density at radius 1 is 1.35 bits per heavy atom. The van der Waals surface area contributed by atoms with Gasteiger partial charge in [0.25, 0.3) is 5.95 Å². The number of halogens is 1. The fraction of sp³-hybridized carbons (Fsp3) is 0.400. The van der Waals surface area contributed by atoms with Crippen LogP contribution in [0.25, 0.3) is 5.95 Å². The molecular formula is C10H10ClN5O. The van der Waals surface area contributed by atoms with Crippen molar-refractivity contribution in [1.82, 2.24) is 24.7 Å². The average molecular weight is 252 g/mol. The molecular weight excluding hydrogens is 242 g/mol. The predicted octanol–water partition coefficient (Wildman–Crippen LogP) is 1.60. The molecule has 2 aromatic heterocycles. The molecule has 1 fully saturated rings. The molecule has 0 radical (unpaired) electrons. The average Bonchev–Trinajstić information content (AvgIpc) is 3.06. The Morgan fingerprint density at radius 3 is 2.88 bits per heavy atom. The first-order chi connectivity index (χ1) is 8.26. The van der Waals surface area contributed by atoms with E-state index in [-0.39, 0.29) is 11.3 Å². The van der Waals surface area contributed by atoms with Gasteiger partial charge in [0.05, 0.1) is 12.8 Å². The van der Waals surface area contributed by atoms with Crippen LogP contribution in [-0.2, 0) is 0 Å². The van der Waals surface area contributed by atoms with Gasteiger partial charge < -0.3 is 4.74 Å². The van der Waals surface area contributed by atoms with Crippen LogP contribution in [0.15, 0.2) is 12.3 Å². The normalized spacial score (nSPS) is 14.9. The zero-order chi connectivity index (χ0) is 11.8. The van der Waals surface area contributed by atoms with Gasteiger partial charge in [-0.05, 0) is 30.5 Å². The second kappa shape index (κ2) is 3.96. The summed E-state index contributed by atoms with van der Waals surface area (Å²) in [5.41, 5.74) is 1.07. The zero-order valence-electron chi connectivity index (χ0n) is 9.17. The number of hydrogen-bond acceptors (Lipinski definition) is 5. The van der Waals surface area contributed by atoms with Crippen LogP contribution < -0.4 is 4.74 Å². The summed E-state index contributed by atoms with van der Waals surface area (Å²) in [4.78, 5) is 11.9. The van der Waals surface area contributed by atoms with Crippen molar-refractivity contribution in [1.29, 1.82) is 0 Å². The number of methoxy groups -OCH3 is 1. The maximum Gasteiger partial charge on any atom is 0.322 e. The second-order valence-corrected chi connectivity index (χ2v) is 4.19. The molecule has 0 aromatic carbocycles. The lowest BCUT2D eigenvalue weighted by Crippen LogP contribution is -2.05. The summed E-state index contributed by atoms with van der Waals surface area (Å²) in [6.07, 6.45) is 4.23. The summed E-state index contributed by atoms with van der Waals surface area (Å²) in [7, 11) is 1.48. The highest BCUT2D eigenvalue weighted by molar-refractivity contribution is 6.28. The Labute approximate surface area is 103 Å². The Balaban J connectivity index is 1.98. The molecule has 88 valence electrons. The van der Waals surface area contributed by atoms with Gasteiger partial charge in [-0.25, -0.2) is 4.68 Å². The molecule has 2 heterocycles. The van der Waals surface area contributed by atoms with Gasteiger partial charge in [-0.1, -0.05) is 0 Å². The number of rotatable bonds is 3. The van der Waals surface area contributed by atoms with Crippen molar-refractivity contribution in [2.45, 2.75) is 18.8 Å². The Hall–Kier alpha value is -1.69. The summed E-state index contributed by atoms with van der Waals surface area (Å²) in [6, 6.07) is 2.16. The van der Waals surface area contributed by atoms with E-state index in [2.05, 4.69) is 20.1 Å². The molecule has 0 saturated heterocycles. The van der Waals surface area contributed by atoms with Gasteiger partial charge in [0, 0.05) is 12.1 Å². The number of aromatic nitrogens is 5. The first-order valence-corrected chi connectivity index (χ1v) is 5.65. The third-order valence-corrected chi connectivity index (χ3v) is 2.74. The van der Waals surface area contributed by atoms with E-state index in [1.54, 1.807) is 4.68 Å². The first kappa shape index (κ1) is 10.5. The van der Waals surface area contributed by atoms with E-state index < -0.39 is 0 Å². The standard InChI is InChI=1S/C10H10ClN5O/c1-17-10-13-8(11)12-9(14-10)16-5-4-7(15-16)6-2-3-6/h4-6H,2-3H2,1H3. The van der Waals surface area contributed by atoms with Crippen LogP contribution in [0.3, 0.4) is 0 Å². The number of hydrogen-bond donors (Lipinski definition) is 0. The summed E-state index contributed by atoms with van der Waals surface area (Å²) in [5, 5.41) is 4.50. The Morgan fingerprint density at radius 2 is 2.18 bits per heavy atom. The minimum Gasteiger partial charge on any atom is -0.467 e. The number of ether oxygens (including phenoxy) is 1. The van der Waals surface area contributed by atoms with Crippen LogP contribution in [0.1, 0.15) is 24.5 Å². The molecule has 0 N–H and O–H groups in total. The van der Waals surface area contributed by atoms with Crippen molar-refractivity contribution in [3.63, 3.8) is 0 Å². The van der Waals surface area contributed by atoms with E-state index in [4.69, 9.17) is 16.3 Å². The number of nitrogens with zero attached hydrogens (tertiary/aromatic N) is 5. The van der Waals surface area contributed by atoms with E-state index in [1.165, 1.54) is 20.0 Å². The van der Waals surface area contributed by atoms with Gasteiger partial charge in [-0.3, -0.25) is 0 Å². The topological polar surface area (TPSA) is 65.7 Å². The molecule has 0 atom stereocenters. The molecule has 0 amide bonds. The van der Waals surface area contributed by atoms with Crippen LogP contribution in [-0.4, -0.2) is 31.8 Å². The third-order valence-electron chi connectivity index (χ3n) is 2.57. The molecule has 0 aliphatic heterocycles. The van der Waals surface area contributed by atoms with Gasteiger partial charge in [-0.15, -0.1) is 0 Å². The maximum atomic E-state index is 5.78. The zero-order valence-corrected chi connectivity index (χ0v) is 9.92. The summed E-state index contributed by atoms with van der Waals surface area (Å²) in [5.74, 6) is 0.962. The lowest BCUT2D eigenvalue weighted by molar-refractivity contribution is 0.376. The van der Waals surface area contributed by atoms with E-state index in [1.807, 2.05) is 12.3 Å². The van der Waals surface area contributed by atoms with Crippen LogP contribution in [0.2, 0.25) is 5.28 Å². The van der Waals surface area contributed by atoms with E-state index in [0.29, 0.717) is 11.9 Å². The maximum absolute atomic E-state index is 5.78. The van der Waals surface area contributed by atoms with Crippen molar-refractivity contribution >= 4 is 11.6 Å². The van der Waals surface area contributed by atoms with Crippen LogP contribution in [0, 0.1) is 0 Å². The van der Waals surface area contributed by atoms with Crippen molar-refractivity contribution in [2.24, 2.45) is 0 Å². The molecule has 0 bridgehead atoms. The molecule has 1 saturated carbocycles. The lowest BCUT2D eigenvalue weighted by atomic mass is 10.3. The largest absolute Gasteiger partial charge is 0.467 e. The molecule has 2 aromatic rings. The second-order valence-electron chi connectivity index (χ2n) is 3.85. The molecule has 1 aliphatic carbocycles. The monoisotopic (exact) mass is 251 g/mol. The molecule has 0 spiro atoms. The molecule has 7 heteroatoms. The Bertz CT molecular complexity index is 551. The van der Waals surface area contributed by atoms with Gasteiger partial charge in [-0.2, -0.15) is 20.1 Å². The third kappa shape index (κ3) is 2.08. The van der Waals surface area contributed by atoms with Crippen LogP contribution in [0.4, 0.5) is 0 Å². The SMILES string of the molecule is COc1nc(Cl)nc(-n2ccc(C3CC3)n2)n1. The van der Waals surface area contributed by atoms with Gasteiger partial charge in [0.1, 0.15) is 0 Å². The quantitative estimate of drug-likeness (QED) is 0.829. The van der Waals surface area contributed by atoms with E-state index in [0.717, 1.165) is 5.69 Å². The highest BCUT2D eigenvalue weighted by atomic mass is 35.5. The fourth-order valence-corrected chi connectivity index (χ4v) is 1.71. The smallest absolute Gasteiger partial charge is 0.322 e. The summed E-state index contributed by atoms with van der Waals surface area (Å²) in [6.45, 7) is 0. The van der Waals surface area contributed by atoms with E-state index in [9.17, 15) is 0 Å². The van der Waals surface area contributed by atoms with Gasteiger partial charge in [0.2, 0.25) is 5.28 Å². The highest BCUT2D eigenvalue weighted by Crippen LogP contribution is 2.38. The van der Waals surface area contributed by atoms with Crippen molar-refractivity contribution in [3.8, 4) is 12.0 Å². The Kier molecular flexibility index (Phi) is 2.44. The van der Waals surface area contributed by atoms with Crippen molar-refractivity contribution in [2.75, 3.05) is 7.11 Å². The highest BCUT2D eigenvalue weighted by Gasteiger charge is 2.26. The summed E-state index contributed by atoms with van der Waals surface area (Å²) >= 11 is 5.78. The van der Waals surface area contributed by atoms with Crippen molar-refractivity contribution in [3.05, 3.63) is 23.2 Å².